The summed E-state index contributed by atoms with van der Waals surface area (Å²) in [5, 5.41) is 0. The zero-order chi connectivity index (χ0) is 12.0. The molecule has 8 heteroatoms. The first-order chi connectivity index (χ1) is 6.91. The topological polar surface area (TPSA) is 0 Å². The van der Waals surface area contributed by atoms with Crippen molar-refractivity contribution in [1.29, 1.82) is 0 Å². The summed E-state index contributed by atoms with van der Waals surface area (Å²) in [5.41, 5.74) is 0. The van der Waals surface area contributed by atoms with Crippen LogP contribution in [-0.4, -0.2) is 86.7 Å². The summed E-state index contributed by atoms with van der Waals surface area (Å²) in [7, 11) is 0. The van der Waals surface area contributed by atoms with E-state index in [1.54, 1.807) is 0 Å². The minimum absolute atomic E-state index is 0. The summed E-state index contributed by atoms with van der Waals surface area (Å²) in [4.78, 5) is 0. The van der Waals surface area contributed by atoms with E-state index in [1.807, 2.05) is 0 Å². The van der Waals surface area contributed by atoms with Crippen LogP contribution in [0.3, 0.4) is 0 Å². The molecule has 4 atom stereocenters. The van der Waals surface area contributed by atoms with Crippen molar-refractivity contribution >= 4 is 48.9 Å². The standard InChI is InChI=1S/C8H11F7.Ba.2H/c9-3-1-2-4(10)5(11)6(12)7(13)8(14)15;;;/h4-8H,1-3H2;;;. The molecule has 0 saturated heterocycles. The third-order valence-electron chi connectivity index (χ3n) is 1.81. The average Bonchev–Trinajstić information content (AvgIpc) is 2.22. The summed E-state index contributed by atoms with van der Waals surface area (Å²) in [6.45, 7) is -0.933. The van der Waals surface area contributed by atoms with Gasteiger partial charge < -0.3 is 0 Å². The van der Waals surface area contributed by atoms with Gasteiger partial charge in [0.15, 0.2) is 18.5 Å². The van der Waals surface area contributed by atoms with Gasteiger partial charge in [0.25, 0.3) is 6.43 Å². The first-order valence-corrected chi connectivity index (χ1v) is 4.32. The van der Waals surface area contributed by atoms with Crippen molar-refractivity contribution in [3.63, 3.8) is 0 Å². The third kappa shape index (κ3) is 6.73. The maximum absolute atomic E-state index is 12.7. The number of halogens is 7. The van der Waals surface area contributed by atoms with E-state index in [1.165, 1.54) is 0 Å². The van der Waals surface area contributed by atoms with Crippen LogP contribution in [0.5, 0.6) is 0 Å². The van der Waals surface area contributed by atoms with Crippen molar-refractivity contribution in [3.05, 3.63) is 0 Å². The molecule has 0 aliphatic heterocycles. The van der Waals surface area contributed by atoms with Crippen LogP contribution in [0.4, 0.5) is 30.7 Å². The Morgan fingerprint density at radius 3 is 1.62 bits per heavy atom. The Kier molecular flexibility index (Phi) is 12.2. The van der Waals surface area contributed by atoms with E-state index in [0.717, 1.165) is 0 Å². The maximum atomic E-state index is 12.7. The summed E-state index contributed by atoms with van der Waals surface area (Å²) in [5.74, 6) is 0. The third-order valence-corrected chi connectivity index (χ3v) is 1.81. The minimum atomic E-state index is -3.70. The fraction of sp³-hybridized carbons (Fsp3) is 1.00. The fourth-order valence-electron chi connectivity index (χ4n) is 0.945. The number of hydrogen-bond acceptors (Lipinski definition) is 0. The molecule has 0 saturated carbocycles. The van der Waals surface area contributed by atoms with Gasteiger partial charge in [0.05, 0.1) is 6.67 Å². The average molecular weight is 380 g/mol. The predicted molar refractivity (Wildman–Crippen MR) is 49.3 cm³/mol. The molecule has 0 bridgehead atoms. The summed E-state index contributed by atoms with van der Waals surface area (Å²) in [6.07, 6.45) is -16.8. The fourth-order valence-corrected chi connectivity index (χ4v) is 0.945. The molecule has 16 heavy (non-hydrogen) atoms. The molecule has 0 fully saturated rings. The van der Waals surface area contributed by atoms with E-state index < -0.39 is 44.2 Å². The molecule has 0 aromatic rings. The molecule has 0 aliphatic carbocycles. The molecule has 0 heterocycles. The summed E-state index contributed by atoms with van der Waals surface area (Å²) < 4.78 is 84.9. The van der Waals surface area contributed by atoms with Crippen LogP contribution in [0.2, 0.25) is 0 Å². The van der Waals surface area contributed by atoms with Gasteiger partial charge in [-0.15, -0.1) is 0 Å². The molecule has 0 aromatic heterocycles. The van der Waals surface area contributed by atoms with E-state index in [-0.39, 0.29) is 55.3 Å². The Hall–Kier alpha value is 1.08. The summed E-state index contributed by atoms with van der Waals surface area (Å²) in [6, 6.07) is 0. The Bertz CT molecular complexity index is 168. The SMILES string of the molecule is FCCCC(F)C(F)C(F)C(F)C(F)F.[BaH2]. The molecule has 0 aliphatic rings. The molecular formula is C8H13BaF7. The van der Waals surface area contributed by atoms with E-state index in [4.69, 9.17) is 0 Å². The van der Waals surface area contributed by atoms with E-state index in [9.17, 15) is 30.7 Å². The zero-order valence-electron chi connectivity index (χ0n) is 7.65. The first-order valence-electron chi connectivity index (χ1n) is 4.32. The Morgan fingerprint density at radius 2 is 1.25 bits per heavy atom. The molecule has 0 nitrogen and oxygen atoms in total. The van der Waals surface area contributed by atoms with Gasteiger partial charge in [-0.3, -0.25) is 4.39 Å². The normalized spacial score (nSPS) is 18.8. The van der Waals surface area contributed by atoms with E-state index >= 15 is 0 Å². The molecule has 0 aromatic carbocycles. The van der Waals surface area contributed by atoms with Crippen LogP contribution in [0, 0.1) is 0 Å². The van der Waals surface area contributed by atoms with Crippen molar-refractivity contribution in [2.45, 2.75) is 44.0 Å². The van der Waals surface area contributed by atoms with Crippen LogP contribution in [0.1, 0.15) is 12.8 Å². The molecule has 4 unspecified atom stereocenters. The van der Waals surface area contributed by atoms with Gasteiger partial charge in [0.2, 0.25) is 0 Å². The van der Waals surface area contributed by atoms with Crippen LogP contribution in [0.15, 0.2) is 0 Å². The Labute approximate surface area is 129 Å². The van der Waals surface area contributed by atoms with Crippen molar-refractivity contribution in [3.8, 4) is 0 Å². The van der Waals surface area contributed by atoms with Gasteiger partial charge in [0.1, 0.15) is 6.17 Å². The number of rotatable bonds is 7. The molecular weight excluding hydrogens is 366 g/mol. The van der Waals surface area contributed by atoms with E-state index in [2.05, 4.69) is 0 Å². The predicted octanol–water partition coefficient (Wildman–Crippen LogP) is 2.44. The molecule has 0 spiro atoms. The molecule has 0 amide bonds. The second-order valence-electron chi connectivity index (χ2n) is 3.01. The van der Waals surface area contributed by atoms with Crippen molar-refractivity contribution in [2.24, 2.45) is 0 Å². The number of alkyl halides is 7. The van der Waals surface area contributed by atoms with Gasteiger partial charge >= 0.3 is 48.9 Å². The Balaban J connectivity index is 0. The Morgan fingerprint density at radius 1 is 0.750 bits per heavy atom. The van der Waals surface area contributed by atoms with Crippen molar-refractivity contribution in [2.75, 3.05) is 6.67 Å². The second-order valence-corrected chi connectivity index (χ2v) is 3.01. The van der Waals surface area contributed by atoms with Gasteiger partial charge in [0, 0.05) is 0 Å². The molecule has 0 radical (unpaired) electrons. The summed E-state index contributed by atoms with van der Waals surface area (Å²) >= 11 is 0. The van der Waals surface area contributed by atoms with Crippen LogP contribution in [0.25, 0.3) is 0 Å². The quantitative estimate of drug-likeness (QED) is 0.471. The van der Waals surface area contributed by atoms with E-state index in [0.29, 0.717) is 0 Å². The number of hydrogen-bond donors (Lipinski definition) is 0. The van der Waals surface area contributed by atoms with Crippen LogP contribution < -0.4 is 0 Å². The molecule has 0 N–H and O–H groups in total. The van der Waals surface area contributed by atoms with Gasteiger partial charge in [-0.2, -0.15) is 0 Å². The second kappa shape index (κ2) is 10.0. The zero-order valence-corrected chi connectivity index (χ0v) is 7.65. The molecule has 96 valence electrons. The molecule has 0 rings (SSSR count). The van der Waals surface area contributed by atoms with Gasteiger partial charge in [-0.1, -0.05) is 0 Å². The van der Waals surface area contributed by atoms with Gasteiger partial charge in [-0.25, -0.2) is 26.3 Å². The van der Waals surface area contributed by atoms with Gasteiger partial charge in [-0.05, 0) is 12.8 Å². The van der Waals surface area contributed by atoms with Crippen molar-refractivity contribution in [1.82, 2.24) is 0 Å². The van der Waals surface area contributed by atoms with Crippen LogP contribution in [-0.2, 0) is 0 Å². The first kappa shape index (κ1) is 19.4. The van der Waals surface area contributed by atoms with Crippen molar-refractivity contribution < 1.29 is 30.7 Å². The van der Waals surface area contributed by atoms with Crippen LogP contribution >= 0.6 is 0 Å². The monoisotopic (exact) mass is 380 g/mol.